The van der Waals surface area contributed by atoms with Crippen LogP contribution in [0.5, 0.6) is 0 Å². The Bertz CT molecular complexity index is 395. The maximum absolute atomic E-state index is 5.75. The Labute approximate surface area is 89.7 Å². The van der Waals surface area contributed by atoms with Crippen molar-refractivity contribution in [1.29, 1.82) is 0 Å². The van der Waals surface area contributed by atoms with Crippen molar-refractivity contribution in [2.45, 2.75) is 13.3 Å². The lowest BCUT2D eigenvalue weighted by Crippen LogP contribution is -2.30. The molecule has 1 atom stereocenters. The van der Waals surface area contributed by atoms with Crippen LogP contribution < -0.4 is 5.73 Å². The Hall–Kier alpha value is -1.48. The quantitative estimate of drug-likeness (QED) is 0.792. The second kappa shape index (κ2) is 3.95. The molecule has 1 aromatic heterocycles. The van der Waals surface area contributed by atoms with Gasteiger partial charge in [0.05, 0.1) is 11.4 Å². The molecule has 15 heavy (non-hydrogen) atoms. The Morgan fingerprint density at radius 1 is 1.47 bits per heavy atom. The van der Waals surface area contributed by atoms with E-state index in [1.807, 2.05) is 24.4 Å². The van der Waals surface area contributed by atoms with Crippen molar-refractivity contribution in [3.8, 4) is 0 Å². The van der Waals surface area contributed by atoms with Gasteiger partial charge in [-0.3, -0.25) is 9.98 Å². The van der Waals surface area contributed by atoms with Crippen LogP contribution in [0.1, 0.15) is 19.0 Å². The van der Waals surface area contributed by atoms with E-state index in [1.54, 1.807) is 6.20 Å². The van der Waals surface area contributed by atoms with E-state index >= 15 is 0 Å². The molecule has 3 nitrogen and oxygen atoms in total. The standard InChI is InChI=1S/C12H15N3/c1-12(9-13)5-7-15-11(8-12)10-4-2-3-6-14-10/h2-7H,8-9,13H2,1H3. The summed E-state index contributed by atoms with van der Waals surface area (Å²) in [7, 11) is 0. The first kappa shape index (κ1) is 10.1. The largest absolute Gasteiger partial charge is 0.330 e. The van der Waals surface area contributed by atoms with Gasteiger partial charge in [0.2, 0.25) is 0 Å². The minimum absolute atomic E-state index is 0.0224. The normalized spacial score (nSPS) is 25.1. The Morgan fingerprint density at radius 2 is 2.33 bits per heavy atom. The fraction of sp³-hybridized carbons (Fsp3) is 0.333. The Kier molecular flexibility index (Phi) is 2.64. The van der Waals surface area contributed by atoms with Gasteiger partial charge in [0, 0.05) is 30.8 Å². The summed E-state index contributed by atoms with van der Waals surface area (Å²) in [5.74, 6) is 0. The van der Waals surface area contributed by atoms with E-state index < -0.39 is 0 Å². The van der Waals surface area contributed by atoms with Gasteiger partial charge in [0.1, 0.15) is 0 Å². The van der Waals surface area contributed by atoms with Crippen molar-refractivity contribution in [3.63, 3.8) is 0 Å². The molecule has 0 aromatic carbocycles. The molecule has 78 valence electrons. The van der Waals surface area contributed by atoms with Gasteiger partial charge in [-0.15, -0.1) is 0 Å². The van der Waals surface area contributed by atoms with E-state index in [2.05, 4.69) is 23.0 Å². The van der Waals surface area contributed by atoms with Crippen molar-refractivity contribution in [3.05, 3.63) is 42.4 Å². The zero-order valence-electron chi connectivity index (χ0n) is 8.85. The van der Waals surface area contributed by atoms with Gasteiger partial charge in [-0.2, -0.15) is 0 Å². The molecular weight excluding hydrogens is 186 g/mol. The Balaban J connectivity index is 2.26. The van der Waals surface area contributed by atoms with Crippen LogP contribution in [-0.2, 0) is 0 Å². The second-order valence-electron chi connectivity index (χ2n) is 4.14. The number of aromatic nitrogens is 1. The smallest absolute Gasteiger partial charge is 0.0844 e. The molecule has 0 amide bonds. The van der Waals surface area contributed by atoms with Crippen LogP contribution in [0, 0.1) is 5.41 Å². The maximum Gasteiger partial charge on any atom is 0.0844 e. The number of hydrogen-bond acceptors (Lipinski definition) is 3. The minimum Gasteiger partial charge on any atom is -0.330 e. The second-order valence-corrected chi connectivity index (χ2v) is 4.14. The van der Waals surface area contributed by atoms with Crippen molar-refractivity contribution >= 4 is 5.71 Å². The summed E-state index contributed by atoms with van der Waals surface area (Å²) >= 11 is 0. The van der Waals surface area contributed by atoms with Gasteiger partial charge in [-0.25, -0.2) is 0 Å². The average molecular weight is 201 g/mol. The minimum atomic E-state index is 0.0224. The topological polar surface area (TPSA) is 51.3 Å². The van der Waals surface area contributed by atoms with Gasteiger partial charge in [-0.05, 0) is 12.1 Å². The molecule has 2 heterocycles. The molecule has 1 unspecified atom stereocenters. The third-order valence-corrected chi connectivity index (χ3v) is 2.71. The molecular formula is C12H15N3. The molecule has 0 spiro atoms. The third kappa shape index (κ3) is 2.13. The Morgan fingerprint density at radius 3 is 3.00 bits per heavy atom. The van der Waals surface area contributed by atoms with E-state index in [4.69, 9.17) is 5.73 Å². The fourth-order valence-corrected chi connectivity index (χ4v) is 1.62. The van der Waals surface area contributed by atoms with E-state index in [-0.39, 0.29) is 5.41 Å². The molecule has 1 aliphatic heterocycles. The highest BCUT2D eigenvalue weighted by atomic mass is 14.8. The summed E-state index contributed by atoms with van der Waals surface area (Å²) in [5, 5.41) is 0. The van der Waals surface area contributed by atoms with Gasteiger partial charge >= 0.3 is 0 Å². The first-order valence-electron chi connectivity index (χ1n) is 5.09. The lowest BCUT2D eigenvalue weighted by atomic mass is 9.82. The van der Waals surface area contributed by atoms with Crippen molar-refractivity contribution in [2.24, 2.45) is 16.1 Å². The lowest BCUT2D eigenvalue weighted by molar-refractivity contribution is 0.455. The molecule has 0 saturated carbocycles. The molecule has 1 aliphatic rings. The summed E-state index contributed by atoms with van der Waals surface area (Å²) in [4.78, 5) is 8.66. The molecule has 0 radical (unpaired) electrons. The van der Waals surface area contributed by atoms with Crippen LogP contribution in [-0.4, -0.2) is 17.2 Å². The van der Waals surface area contributed by atoms with Gasteiger partial charge in [0.15, 0.2) is 0 Å². The van der Waals surface area contributed by atoms with Crippen LogP contribution in [0.4, 0.5) is 0 Å². The summed E-state index contributed by atoms with van der Waals surface area (Å²) in [6.45, 7) is 2.77. The first-order valence-corrected chi connectivity index (χ1v) is 5.09. The molecule has 2 N–H and O–H groups in total. The van der Waals surface area contributed by atoms with E-state index in [0.717, 1.165) is 17.8 Å². The molecule has 3 heteroatoms. The summed E-state index contributed by atoms with van der Waals surface area (Å²) in [6.07, 6.45) is 6.55. The number of pyridine rings is 1. The predicted molar refractivity (Wildman–Crippen MR) is 61.7 cm³/mol. The van der Waals surface area contributed by atoms with Crippen LogP contribution in [0.2, 0.25) is 0 Å². The summed E-state index contributed by atoms with van der Waals surface area (Å²) in [6, 6.07) is 5.86. The van der Waals surface area contributed by atoms with E-state index in [0.29, 0.717) is 6.54 Å². The maximum atomic E-state index is 5.75. The number of rotatable bonds is 2. The van der Waals surface area contributed by atoms with Gasteiger partial charge in [-0.1, -0.05) is 19.1 Å². The van der Waals surface area contributed by atoms with Crippen molar-refractivity contribution < 1.29 is 0 Å². The van der Waals surface area contributed by atoms with Gasteiger partial charge in [0.25, 0.3) is 0 Å². The third-order valence-electron chi connectivity index (χ3n) is 2.71. The molecule has 0 bridgehead atoms. The monoisotopic (exact) mass is 201 g/mol. The van der Waals surface area contributed by atoms with Gasteiger partial charge < -0.3 is 5.73 Å². The number of aliphatic imine (C=N–C) groups is 1. The number of hydrogen-bond donors (Lipinski definition) is 1. The molecule has 0 fully saturated rings. The summed E-state index contributed by atoms with van der Waals surface area (Å²) < 4.78 is 0. The highest BCUT2D eigenvalue weighted by Crippen LogP contribution is 2.27. The zero-order valence-corrected chi connectivity index (χ0v) is 8.85. The molecule has 2 rings (SSSR count). The molecule has 0 saturated heterocycles. The van der Waals surface area contributed by atoms with Crippen LogP contribution in [0.25, 0.3) is 0 Å². The van der Waals surface area contributed by atoms with Crippen molar-refractivity contribution in [1.82, 2.24) is 4.98 Å². The highest BCUT2D eigenvalue weighted by Gasteiger charge is 2.25. The van der Waals surface area contributed by atoms with Crippen LogP contribution in [0.3, 0.4) is 0 Å². The SMILES string of the molecule is CC1(CN)C=CN=C(c2ccccn2)C1. The first-order chi connectivity index (χ1) is 7.23. The van der Waals surface area contributed by atoms with Crippen LogP contribution in [0.15, 0.2) is 41.7 Å². The van der Waals surface area contributed by atoms with Crippen molar-refractivity contribution in [2.75, 3.05) is 6.54 Å². The molecule has 0 aliphatic carbocycles. The highest BCUT2D eigenvalue weighted by molar-refractivity contribution is 6.00. The number of nitrogens with two attached hydrogens (primary N) is 1. The fourth-order valence-electron chi connectivity index (χ4n) is 1.62. The lowest BCUT2D eigenvalue weighted by Gasteiger charge is -2.26. The zero-order chi connectivity index (χ0) is 10.7. The predicted octanol–water partition coefficient (Wildman–Crippen LogP) is 1.75. The van der Waals surface area contributed by atoms with E-state index in [1.165, 1.54) is 0 Å². The average Bonchev–Trinajstić information content (AvgIpc) is 2.30. The van der Waals surface area contributed by atoms with E-state index in [9.17, 15) is 0 Å². The summed E-state index contributed by atoms with van der Waals surface area (Å²) in [5.41, 5.74) is 7.74. The molecule has 1 aromatic rings. The van der Waals surface area contributed by atoms with Crippen LogP contribution >= 0.6 is 0 Å². The number of nitrogens with zero attached hydrogens (tertiary/aromatic N) is 2.